The van der Waals surface area contributed by atoms with Crippen LogP contribution in [0.15, 0.2) is 24.5 Å². The molecule has 17 heteroatoms. The number of halogens is 6. The van der Waals surface area contributed by atoms with Gasteiger partial charge in [0.15, 0.2) is 5.83 Å². The summed E-state index contributed by atoms with van der Waals surface area (Å²) in [6, 6.07) is 1.94. The van der Waals surface area contributed by atoms with Gasteiger partial charge in [-0.05, 0) is 68.9 Å². The predicted octanol–water partition coefficient (Wildman–Crippen LogP) is 6.44. The lowest BCUT2D eigenvalue weighted by Gasteiger charge is -2.49. The van der Waals surface area contributed by atoms with Gasteiger partial charge < -0.3 is 45.0 Å². The summed E-state index contributed by atoms with van der Waals surface area (Å²) >= 11 is 0. The first-order chi connectivity index (χ1) is 23.5. The number of anilines is 2. The van der Waals surface area contributed by atoms with Crippen molar-refractivity contribution in [1.29, 1.82) is 0 Å². The molecular formula is C33H35F6N5O6. The Morgan fingerprint density at radius 1 is 0.880 bits per heavy atom. The number of likely N-dealkylation sites (tertiary alicyclic amines) is 1. The van der Waals surface area contributed by atoms with Crippen LogP contribution in [-0.4, -0.2) is 92.1 Å². The summed E-state index contributed by atoms with van der Waals surface area (Å²) < 4.78 is 93.9. The number of aromatic hydroxyl groups is 5. The molecular weight excluding hydrogens is 676 g/mol. The number of hydrogen-bond donors (Lipinski definition) is 5. The van der Waals surface area contributed by atoms with E-state index in [1.54, 1.807) is 0 Å². The van der Waals surface area contributed by atoms with Crippen LogP contribution >= 0.6 is 0 Å². The number of ether oxygens (including phenoxy) is 1. The molecule has 2 aromatic carbocycles. The fourth-order valence-electron chi connectivity index (χ4n) is 6.93. The fourth-order valence-corrected chi connectivity index (χ4v) is 6.93. The third kappa shape index (κ3) is 6.57. The van der Waals surface area contributed by atoms with Crippen LogP contribution < -0.4 is 14.5 Å². The zero-order valence-corrected chi connectivity index (χ0v) is 26.8. The van der Waals surface area contributed by atoms with Crippen molar-refractivity contribution in [3.05, 3.63) is 41.3 Å². The summed E-state index contributed by atoms with van der Waals surface area (Å²) in [4.78, 5) is 12.9. The van der Waals surface area contributed by atoms with Crippen molar-refractivity contribution >= 4 is 23.4 Å². The second-order valence-corrected chi connectivity index (χ2v) is 13.0. The van der Waals surface area contributed by atoms with Crippen molar-refractivity contribution in [2.24, 2.45) is 5.41 Å². The summed E-state index contributed by atoms with van der Waals surface area (Å²) in [7, 11) is 0. The average molecular weight is 712 g/mol. The predicted molar refractivity (Wildman–Crippen MR) is 170 cm³/mol. The van der Waals surface area contributed by atoms with Crippen molar-refractivity contribution in [2.45, 2.75) is 44.7 Å². The van der Waals surface area contributed by atoms with Gasteiger partial charge in [-0.3, -0.25) is 4.98 Å². The van der Waals surface area contributed by atoms with Crippen LogP contribution in [0.5, 0.6) is 40.2 Å². The second kappa shape index (κ2) is 12.8. The molecule has 3 fully saturated rings. The molecule has 4 heterocycles. The van der Waals surface area contributed by atoms with E-state index in [-0.39, 0.29) is 29.9 Å². The molecule has 1 spiro atoms. The van der Waals surface area contributed by atoms with E-state index in [0.717, 1.165) is 63.3 Å². The first-order valence-electron chi connectivity index (χ1n) is 15.9. The minimum absolute atomic E-state index is 0.0339. The van der Waals surface area contributed by atoms with Gasteiger partial charge in [-0.1, -0.05) is 6.92 Å². The summed E-state index contributed by atoms with van der Waals surface area (Å²) in [5, 5.41) is 50.5. The summed E-state index contributed by atoms with van der Waals surface area (Å²) in [5.74, 6) is -12.9. The second-order valence-electron chi connectivity index (χ2n) is 13.0. The molecule has 0 unspecified atom stereocenters. The smallest absolute Gasteiger partial charge is 0.422 e. The Kier molecular flexibility index (Phi) is 8.99. The number of benzene rings is 2. The van der Waals surface area contributed by atoms with E-state index in [4.69, 9.17) is 4.74 Å². The number of hydrogen-bond acceptors (Lipinski definition) is 11. The highest BCUT2D eigenvalue weighted by Gasteiger charge is 2.46. The Labute approximate surface area is 282 Å². The molecule has 3 aromatic rings. The van der Waals surface area contributed by atoms with E-state index in [1.807, 2.05) is 6.92 Å². The first-order valence-corrected chi connectivity index (χ1v) is 15.9. The summed E-state index contributed by atoms with van der Waals surface area (Å²) in [6.45, 7) is 3.42. The quantitative estimate of drug-likeness (QED) is 0.105. The molecule has 270 valence electrons. The van der Waals surface area contributed by atoms with Gasteiger partial charge in [0, 0.05) is 18.7 Å². The highest BCUT2D eigenvalue weighted by molar-refractivity contribution is 5.84. The molecule has 0 radical (unpaired) electrons. The lowest BCUT2D eigenvalue weighted by atomic mass is 9.72. The maximum atomic E-state index is 15.9. The van der Waals surface area contributed by atoms with E-state index in [1.165, 1.54) is 16.0 Å². The molecule has 5 N–H and O–H groups in total. The molecule has 3 aliphatic rings. The van der Waals surface area contributed by atoms with Crippen LogP contribution in [-0.2, 0) is 6.18 Å². The number of alkyl halides is 5. The highest BCUT2D eigenvalue weighted by Crippen LogP contribution is 2.58. The van der Waals surface area contributed by atoms with Gasteiger partial charge in [-0.25, -0.2) is 18.2 Å². The summed E-state index contributed by atoms with van der Waals surface area (Å²) in [6.07, 6.45) is 0.574. The van der Waals surface area contributed by atoms with Crippen LogP contribution in [0, 0.1) is 5.41 Å². The van der Waals surface area contributed by atoms with Crippen LogP contribution in [0.4, 0.5) is 37.8 Å². The molecule has 11 nitrogen and oxygen atoms in total. The van der Waals surface area contributed by atoms with Crippen LogP contribution in [0.1, 0.15) is 49.4 Å². The Hall–Kier alpha value is -4.80. The van der Waals surface area contributed by atoms with Gasteiger partial charge in [-0.15, -0.1) is 0 Å². The molecule has 0 bridgehead atoms. The van der Waals surface area contributed by atoms with E-state index in [9.17, 15) is 34.3 Å². The van der Waals surface area contributed by atoms with E-state index in [0.29, 0.717) is 6.42 Å². The largest absolute Gasteiger partial charge is 0.502 e. The fraction of sp³-hybridized carbons (Fsp3) is 0.455. The maximum Gasteiger partial charge on any atom is 0.422 e. The topological polar surface area (TPSA) is 146 Å². The van der Waals surface area contributed by atoms with Gasteiger partial charge >= 0.3 is 6.18 Å². The van der Waals surface area contributed by atoms with Gasteiger partial charge in [0.25, 0.3) is 5.92 Å². The average Bonchev–Trinajstić information content (AvgIpc) is 3.07. The van der Waals surface area contributed by atoms with Gasteiger partial charge in [-0.2, -0.15) is 13.2 Å². The zero-order chi connectivity index (χ0) is 36.2. The van der Waals surface area contributed by atoms with E-state index >= 15 is 17.6 Å². The molecule has 3 saturated heterocycles. The third-order valence-corrected chi connectivity index (χ3v) is 9.65. The normalized spacial score (nSPS) is 19.5. The van der Waals surface area contributed by atoms with Gasteiger partial charge in [0.2, 0.25) is 34.5 Å². The van der Waals surface area contributed by atoms with Crippen molar-refractivity contribution in [3.8, 4) is 40.2 Å². The van der Waals surface area contributed by atoms with Gasteiger partial charge in [0.1, 0.15) is 22.8 Å². The zero-order valence-electron chi connectivity index (χ0n) is 26.8. The number of phenolic OH excluding ortho intramolecular Hbond substituents is 5. The van der Waals surface area contributed by atoms with Crippen LogP contribution in [0.25, 0.3) is 11.9 Å². The highest BCUT2D eigenvalue weighted by atomic mass is 19.4. The minimum atomic E-state index is -5.18. The Morgan fingerprint density at radius 3 is 2.12 bits per heavy atom. The minimum Gasteiger partial charge on any atom is -0.502 e. The molecule has 0 amide bonds. The van der Waals surface area contributed by atoms with Crippen molar-refractivity contribution in [2.75, 3.05) is 55.6 Å². The van der Waals surface area contributed by atoms with Gasteiger partial charge in [0.05, 0.1) is 31.2 Å². The number of phenols is 5. The van der Waals surface area contributed by atoms with Crippen molar-refractivity contribution in [3.63, 3.8) is 0 Å². The molecule has 6 rings (SSSR count). The van der Waals surface area contributed by atoms with Crippen LogP contribution in [0.3, 0.4) is 0 Å². The van der Waals surface area contributed by atoms with Crippen LogP contribution in [0.2, 0.25) is 0 Å². The monoisotopic (exact) mass is 711 g/mol. The van der Waals surface area contributed by atoms with E-state index < -0.39 is 88.2 Å². The summed E-state index contributed by atoms with van der Waals surface area (Å²) in [5.41, 5.74) is -2.86. The first kappa shape index (κ1) is 35.0. The van der Waals surface area contributed by atoms with Crippen molar-refractivity contribution < 1.29 is 56.6 Å². The molecule has 0 aliphatic carbocycles. The SMILES string of the molecule is CCN1CCC2(CCCN(c3c(/C=C(\F)c4cncc(N5CC(F)(F)C5)n4)ccc(Oc4c(O)c(O)c(O)c(O)c4O)c3C(F)(F)F)C2)CC1. The standard InChI is InChI=1S/C33H35F6N5O6/c1-2-42-10-7-31(8-11-42)6-3-9-43(15-31)24-18(12-19(34)20-13-40-14-22(41-20)44-16-32(35,36)17-44)4-5-21(23(24)33(37,38)39)50-30-28(48)26(46)25(45)27(47)29(30)49/h4-5,12-14,45-49H,2-3,6-11,15-17H2,1H3/b19-12-. The Morgan fingerprint density at radius 2 is 1.52 bits per heavy atom. The van der Waals surface area contributed by atoms with E-state index in [2.05, 4.69) is 14.9 Å². The lowest BCUT2D eigenvalue weighted by molar-refractivity contribution is -0.138. The molecule has 1 aromatic heterocycles. The number of piperidine rings is 2. The number of nitrogens with zero attached hydrogens (tertiary/aromatic N) is 5. The Bertz CT molecular complexity index is 1780. The molecule has 3 aliphatic heterocycles. The lowest BCUT2D eigenvalue weighted by Crippen LogP contribution is -2.56. The molecule has 0 saturated carbocycles. The maximum absolute atomic E-state index is 15.9. The number of aromatic nitrogens is 2. The molecule has 50 heavy (non-hydrogen) atoms. The Balaban J connectivity index is 1.48. The van der Waals surface area contributed by atoms with Crippen molar-refractivity contribution in [1.82, 2.24) is 14.9 Å². The number of rotatable bonds is 7. The molecule has 0 atom stereocenters. The third-order valence-electron chi connectivity index (χ3n) is 9.65.